The van der Waals surface area contributed by atoms with E-state index in [1.807, 2.05) is 13.8 Å². The fraction of sp³-hybridized carbons (Fsp3) is 0.722. The average molecular weight is 371 g/mol. The highest BCUT2D eigenvalue weighted by Gasteiger charge is 2.27. The maximum absolute atomic E-state index is 12.3. The van der Waals surface area contributed by atoms with Crippen molar-refractivity contribution in [2.75, 3.05) is 13.7 Å². The monoisotopic (exact) mass is 370 g/mol. The van der Waals surface area contributed by atoms with E-state index >= 15 is 0 Å². The second kappa shape index (κ2) is 10.5. The van der Waals surface area contributed by atoms with E-state index < -0.39 is 12.1 Å². The number of nitrogens with zero attached hydrogens (tertiary/aromatic N) is 2. The van der Waals surface area contributed by atoms with Gasteiger partial charge in [0, 0.05) is 31.3 Å². The third-order valence-corrected chi connectivity index (χ3v) is 5.11. The van der Waals surface area contributed by atoms with Crippen molar-refractivity contribution in [2.45, 2.75) is 65.5 Å². The Bertz CT molecular complexity index is 559. The number of hydrogen-bond donors (Lipinski definition) is 1. The van der Waals surface area contributed by atoms with E-state index in [1.165, 1.54) is 11.3 Å². The van der Waals surface area contributed by atoms with Crippen molar-refractivity contribution < 1.29 is 19.4 Å². The number of aromatic nitrogens is 1. The maximum atomic E-state index is 12.3. The predicted molar refractivity (Wildman–Crippen MR) is 98.6 cm³/mol. The van der Waals surface area contributed by atoms with Gasteiger partial charge in [0.05, 0.1) is 6.61 Å². The lowest BCUT2D eigenvalue weighted by molar-refractivity contribution is -0.133. The number of amides is 1. The molecule has 0 saturated carbocycles. The van der Waals surface area contributed by atoms with Crippen LogP contribution in [0.15, 0.2) is 5.38 Å². The van der Waals surface area contributed by atoms with Gasteiger partial charge < -0.3 is 14.7 Å². The van der Waals surface area contributed by atoms with Crippen LogP contribution in [-0.2, 0) is 9.53 Å². The first-order valence-corrected chi connectivity index (χ1v) is 9.75. The Hall–Kier alpha value is -1.47. The van der Waals surface area contributed by atoms with E-state index in [-0.39, 0.29) is 30.2 Å². The number of rotatable bonds is 10. The van der Waals surface area contributed by atoms with Gasteiger partial charge in [0.25, 0.3) is 0 Å². The summed E-state index contributed by atoms with van der Waals surface area (Å²) in [7, 11) is 1.79. The fourth-order valence-corrected chi connectivity index (χ4v) is 3.42. The molecule has 142 valence electrons. The first kappa shape index (κ1) is 21.6. The predicted octanol–water partition coefficient (Wildman–Crippen LogP) is 3.42. The molecule has 1 aromatic heterocycles. The smallest absolute Gasteiger partial charge is 0.357 e. The summed E-state index contributed by atoms with van der Waals surface area (Å²) in [6.45, 7) is 8.15. The zero-order valence-corrected chi connectivity index (χ0v) is 16.6. The molecule has 2 unspecified atom stereocenters. The summed E-state index contributed by atoms with van der Waals surface area (Å²) in [4.78, 5) is 29.9. The van der Waals surface area contributed by atoms with E-state index in [2.05, 4.69) is 11.9 Å². The summed E-state index contributed by atoms with van der Waals surface area (Å²) in [6, 6.07) is -0.0886. The van der Waals surface area contributed by atoms with Crippen LogP contribution >= 0.6 is 11.3 Å². The molecule has 0 aromatic carbocycles. The molecule has 0 aliphatic heterocycles. The van der Waals surface area contributed by atoms with Gasteiger partial charge in [-0.2, -0.15) is 0 Å². The molecule has 1 heterocycles. The van der Waals surface area contributed by atoms with Crippen LogP contribution in [0.4, 0.5) is 0 Å². The molecule has 0 radical (unpaired) electrons. The molecule has 0 aliphatic carbocycles. The molecule has 2 atom stereocenters. The molecule has 1 N–H and O–H groups in total. The lowest BCUT2D eigenvalue weighted by atomic mass is 9.96. The van der Waals surface area contributed by atoms with Crippen molar-refractivity contribution in [3.8, 4) is 0 Å². The molecule has 0 aliphatic rings. The van der Waals surface area contributed by atoms with Gasteiger partial charge in [-0.3, -0.25) is 4.79 Å². The van der Waals surface area contributed by atoms with Crippen LogP contribution in [0.1, 0.15) is 75.0 Å². The van der Waals surface area contributed by atoms with Crippen molar-refractivity contribution in [2.24, 2.45) is 5.92 Å². The molecule has 1 rings (SSSR count). The molecule has 0 saturated heterocycles. The molecule has 25 heavy (non-hydrogen) atoms. The van der Waals surface area contributed by atoms with Crippen LogP contribution in [-0.4, -0.2) is 46.6 Å². The van der Waals surface area contributed by atoms with Gasteiger partial charge in [0.15, 0.2) is 5.69 Å². The van der Waals surface area contributed by atoms with Gasteiger partial charge in [-0.25, -0.2) is 9.78 Å². The zero-order chi connectivity index (χ0) is 19.0. The topological polar surface area (TPSA) is 79.7 Å². The SMILES string of the molecule is CCCCC(=O)N(C)C(CC(O)c1nc(C(=O)OCC)cs1)C(C)C. The fourth-order valence-electron chi connectivity index (χ4n) is 2.64. The number of esters is 1. The molecular formula is C18H30N2O4S. The number of aliphatic hydroxyl groups excluding tert-OH is 1. The molecule has 7 heteroatoms. The second-order valence-electron chi connectivity index (χ2n) is 6.46. The number of carbonyl (C=O) groups is 2. The number of thiazole rings is 1. The summed E-state index contributed by atoms with van der Waals surface area (Å²) >= 11 is 1.23. The molecule has 0 fully saturated rings. The lowest BCUT2D eigenvalue weighted by Gasteiger charge is -2.32. The summed E-state index contributed by atoms with van der Waals surface area (Å²) in [5.41, 5.74) is 0.217. The van der Waals surface area contributed by atoms with Crippen molar-refractivity contribution in [3.63, 3.8) is 0 Å². The van der Waals surface area contributed by atoms with E-state index in [0.717, 1.165) is 12.8 Å². The van der Waals surface area contributed by atoms with Crippen LogP contribution < -0.4 is 0 Å². The largest absolute Gasteiger partial charge is 0.461 e. The van der Waals surface area contributed by atoms with Gasteiger partial charge in [0.2, 0.25) is 5.91 Å². The number of ether oxygens (including phenoxy) is 1. The van der Waals surface area contributed by atoms with Gasteiger partial charge in [0.1, 0.15) is 11.1 Å². The van der Waals surface area contributed by atoms with Crippen molar-refractivity contribution >= 4 is 23.2 Å². The Labute approximate surface area is 154 Å². The van der Waals surface area contributed by atoms with Crippen molar-refractivity contribution in [1.82, 2.24) is 9.88 Å². The summed E-state index contributed by atoms with van der Waals surface area (Å²) in [5, 5.41) is 12.6. The van der Waals surface area contributed by atoms with E-state index in [1.54, 1.807) is 24.3 Å². The Balaban J connectivity index is 2.77. The highest BCUT2D eigenvalue weighted by atomic mass is 32.1. The molecular weight excluding hydrogens is 340 g/mol. The third kappa shape index (κ3) is 6.40. The summed E-state index contributed by atoms with van der Waals surface area (Å²) < 4.78 is 4.92. The maximum Gasteiger partial charge on any atom is 0.357 e. The summed E-state index contributed by atoms with van der Waals surface area (Å²) in [5.74, 6) is -0.182. The van der Waals surface area contributed by atoms with Gasteiger partial charge in [-0.1, -0.05) is 27.2 Å². The highest BCUT2D eigenvalue weighted by Crippen LogP contribution is 2.27. The molecule has 6 nitrogen and oxygen atoms in total. The van der Waals surface area contributed by atoms with Crippen molar-refractivity contribution in [1.29, 1.82) is 0 Å². The van der Waals surface area contributed by atoms with Crippen LogP contribution in [0, 0.1) is 5.92 Å². The summed E-state index contributed by atoms with van der Waals surface area (Å²) in [6.07, 6.45) is 1.94. The number of hydrogen-bond acceptors (Lipinski definition) is 6. The van der Waals surface area contributed by atoms with Gasteiger partial charge in [-0.05, 0) is 19.3 Å². The Morgan fingerprint density at radius 3 is 2.60 bits per heavy atom. The molecule has 1 aromatic rings. The van der Waals surface area contributed by atoms with Crippen LogP contribution in [0.3, 0.4) is 0 Å². The highest BCUT2D eigenvalue weighted by molar-refractivity contribution is 7.09. The Morgan fingerprint density at radius 2 is 2.04 bits per heavy atom. The van der Waals surface area contributed by atoms with Crippen molar-refractivity contribution in [3.05, 3.63) is 16.1 Å². The molecule has 1 amide bonds. The van der Waals surface area contributed by atoms with E-state index in [4.69, 9.17) is 4.74 Å². The van der Waals surface area contributed by atoms with Gasteiger partial charge in [-0.15, -0.1) is 11.3 Å². The number of unbranched alkanes of at least 4 members (excludes halogenated alkanes) is 1. The van der Waals surface area contributed by atoms with Crippen LogP contribution in [0.2, 0.25) is 0 Å². The quantitative estimate of drug-likeness (QED) is 0.638. The second-order valence-corrected chi connectivity index (χ2v) is 7.35. The number of aliphatic hydroxyl groups is 1. The van der Waals surface area contributed by atoms with Gasteiger partial charge >= 0.3 is 5.97 Å². The molecule has 0 bridgehead atoms. The van der Waals surface area contributed by atoms with Crippen LogP contribution in [0.25, 0.3) is 0 Å². The Kier molecular flexibility index (Phi) is 9.06. The zero-order valence-electron chi connectivity index (χ0n) is 15.8. The standard InChI is InChI=1S/C18H30N2O4S/c1-6-8-9-16(22)20(5)14(12(3)4)10-15(21)17-19-13(11-25-17)18(23)24-7-2/h11-12,14-15,21H,6-10H2,1-5H3. The third-order valence-electron chi connectivity index (χ3n) is 4.16. The minimum atomic E-state index is -0.818. The Morgan fingerprint density at radius 1 is 1.36 bits per heavy atom. The minimum Gasteiger partial charge on any atom is -0.461 e. The number of carbonyl (C=O) groups excluding carboxylic acids is 2. The lowest BCUT2D eigenvalue weighted by Crippen LogP contribution is -2.41. The van der Waals surface area contributed by atoms with E-state index in [9.17, 15) is 14.7 Å². The average Bonchev–Trinajstić information content (AvgIpc) is 3.06. The first-order chi connectivity index (χ1) is 11.8. The van der Waals surface area contributed by atoms with Crippen LogP contribution in [0.5, 0.6) is 0 Å². The first-order valence-electron chi connectivity index (χ1n) is 8.87. The minimum absolute atomic E-state index is 0.0886. The molecule has 0 spiro atoms. The normalized spacial score (nSPS) is 13.6. The van der Waals surface area contributed by atoms with E-state index in [0.29, 0.717) is 17.8 Å².